The van der Waals surface area contributed by atoms with Crippen molar-refractivity contribution >= 4 is 26.2 Å². The van der Waals surface area contributed by atoms with Crippen LogP contribution in [0.5, 0.6) is 0 Å². The van der Waals surface area contributed by atoms with E-state index in [-0.39, 0.29) is 4.90 Å². The lowest BCUT2D eigenvalue weighted by molar-refractivity contribution is 0.208. The third-order valence-corrected chi connectivity index (χ3v) is 7.11. The molecule has 1 aromatic carbocycles. The molecule has 146 valence electrons. The van der Waals surface area contributed by atoms with Gasteiger partial charge in [0.1, 0.15) is 23.0 Å². The Bertz CT molecular complexity index is 1220. The molecule has 9 nitrogen and oxygen atoms in total. The lowest BCUT2D eigenvalue weighted by atomic mass is 10.1. The third-order valence-electron chi connectivity index (χ3n) is 4.43. The molecule has 0 radical (unpaired) electrons. The van der Waals surface area contributed by atoms with Gasteiger partial charge in [0.2, 0.25) is 10.0 Å². The minimum atomic E-state index is -3.50. The van der Waals surface area contributed by atoms with Crippen molar-refractivity contribution in [3.05, 3.63) is 59.3 Å². The van der Waals surface area contributed by atoms with Crippen LogP contribution in [0, 0.1) is 0 Å². The molecule has 2 N–H and O–H groups in total. The number of hydrogen-bond donors (Lipinski definition) is 2. The Balaban J connectivity index is 1.66. The highest BCUT2D eigenvalue weighted by Gasteiger charge is 2.23. The molecule has 0 saturated carbocycles. The number of benzene rings is 1. The highest BCUT2D eigenvalue weighted by Crippen LogP contribution is 2.31. The van der Waals surface area contributed by atoms with Crippen molar-refractivity contribution < 1.29 is 13.5 Å². The van der Waals surface area contributed by atoms with Gasteiger partial charge in [0.25, 0.3) is 0 Å². The van der Waals surface area contributed by atoms with Crippen molar-refractivity contribution in [2.75, 3.05) is 7.05 Å². The Kier molecular flexibility index (Phi) is 4.75. The van der Waals surface area contributed by atoms with E-state index in [0.29, 0.717) is 11.4 Å². The van der Waals surface area contributed by atoms with Crippen LogP contribution in [0.25, 0.3) is 10.5 Å². The van der Waals surface area contributed by atoms with Crippen LogP contribution in [0.15, 0.2) is 47.9 Å². The van der Waals surface area contributed by atoms with Gasteiger partial charge in [-0.25, -0.2) is 22.8 Å². The second-order valence-corrected chi connectivity index (χ2v) is 9.06. The molecule has 0 aliphatic carbocycles. The van der Waals surface area contributed by atoms with Crippen LogP contribution < -0.4 is 4.72 Å². The number of aliphatic hydroxyl groups excluding tert-OH is 1. The Morgan fingerprint density at radius 1 is 1.29 bits per heavy atom. The summed E-state index contributed by atoms with van der Waals surface area (Å²) in [6.45, 7) is 2.03. The van der Waals surface area contributed by atoms with Gasteiger partial charge in [0, 0.05) is 4.88 Å². The molecular formula is C17H18N6O3S2. The Labute approximate surface area is 165 Å². The molecular weight excluding hydrogens is 400 g/mol. The molecule has 0 amide bonds. The van der Waals surface area contributed by atoms with Gasteiger partial charge >= 0.3 is 0 Å². The van der Waals surface area contributed by atoms with Gasteiger partial charge in [-0.3, -0.25) is 4.40 Å². The van der Waals surface area contributed by atoms with Crippen LogP contribution >= 0.6 is 11.3 Å². The minimum absolute atomic E-state index is 0.160. The summed E-state index contributed by atoms with van der Waals surface area (Å²) in [5.74, 6) is 0. The van der Waals surface area contributed by atoms with Gasteiger partial charge in [-0.1, -0.05) is 12.1 Å². The average molecular weight is 419 g/mol. The Morgan fingerprint density at radius 2 is 2.04 bits per heavy atom. The maximum absolute atomic E-state index is 11.8. The predicted octanol–water partition coefficient (Wildman–Crippen LogP) is 1.53. The largest absolute Gasteiger partial charge is 0.380 e. The zero-order chi connectivity index (χ0) is 19.9. The zero-order valence-electron chi connectivity index (χ0n) is 15.1. The summed E-state index contributed by atoms with van der Waals surface area (Å²) in [4.78, 5) is 6.30. The molecule has 1 unspecified atom stereocenters. The molecule has 1 atom stereocenters. The van der Waals surface area contributed by atoms with E-state index in [4.69, 9.17) is 0 Å². The molecule has 4 aromatic rings. The van der Waals surface area contributed by atoms with Crippen molar-refractivity contribution in [2.45, 2.75) is 24.3 Å². The first kappa shape index (κ1) is 18.7. The fourth-order valence-corrected chi connectivity index (χ4v) is 4.75. The number of sulfonamides is 1. The molecule has 4 rings (SSSR count). The lowest BCUT2D eigenvalue weighted by Gasteiger charge is -2.09. The molecule has 0 aliphatic rings. The van der Waals surface area contributed by atoms with Gasteiger partial charge in [-0.2, -0.15) is 0 Å². The number of aryl methyl sites for hydroxylation is 1. The number of nitrogens with zero attached hydrogens (tertiary/aromatic N) is 5. The first-order chi connectivity index (χ1) is 13.4. The van der Waals surface area contributed by atoms with E-state index in [1.807, 2.05) is 11.3 Å². The number of aromatic nitrogens is 5. The van der Waals surface area contributed by atoms with Crippen molar-refractivity contribution in [1.82, 2.24) is 29.1 Å². The molecule has 0 saturated heterocycles. The number of hydrogen-bond acceptors (Lipinski definition) is 7. The first-order valence-electron chi connectivity index (χ1n) is 8.52. The van der Waals surface area contributed by atoms with E-state index >= 15 is 0 Å². The summed E-state index contributed by atoms with van der Waals surface area (Å²) in [6, 6.07) is 6.24. The second-order valence-electron chi connectivity index (χ2n) is 6.06. The predicted molar refractivity (Wildman–Crippen MR) is 104 cm³/mol. The van der Waals surface area contributed by atoms with Crippen molar-refractivity contribution in [3.8, 4) is 5.69 Å². The SMILES string of the molecule is CCc1sc2cncn2c1C(O)c1cn(-c2ccc(S(=O)(=O)NC)cc2)nn1. The molecule has 0 bridgehead atoms. The van der Waals surface area contributed by atoms with E-state index in [9.17, 15) is 13.5 Å². The Hall–Kier alpha value is -2.60. The van der Waals surface area contributed by atoms with Crippen LogP contribution in [0.2, 0.25) is 0 Å². The standard InChI is InChI=1S/C17H18N6O3S2/c1-3-14-16(22-10-19-8-15(22)27-14)17(24)13-9-23(21-20-13)11-4-6-12(7-5-11)28(25,26)18-2/h4-10,17-18,24H,3H2,1-2H3. The van der Waals surface area contributed by atoms with Crippen molar-refractivity contribution in [3.63, 3.8) is 0 Å². The van der Waals surface area contributed by atoms with Crippen LogP contribution in [-0.2, 0) is 16.4 Å². The van der Waals surface area contributed by atoms with Crippen LogP contribution in [0.3, 0.4) is 0 Å². The minimum Gasteiger partial charge on any atom is -0.380 e. The van der Waals surface area contributed by atoms with Crippen molar-refractivity contribution in [1.29, 1.82) is 0 Å². The number of thiazole rings is 1. The molecule has 28 heavy (non-hydrogen) atoms. The average Bonchev–Trinajstić information content (AvgIpc) is 3.43. The fraction of sp³-hybridized carbons (Fsp3) is 0.235. The van der Waals surface area contributed by atoms with Crippen LogP contribution in [-0.4, -0.2) is 45.0 Å². The summed E-state index contributed by atoms with van der Waals surface area (Å²) in [7, 11) is -2.14. The van der Waals surface area contributed by atoms with Crippen LogP contribution in [0.1, 0.15) is 29.3 Å². The maximum atomic E-state index is 11.8. The smallest absolute Gasteiger partial charge is 0.240 e. The summed E-state index contributed by atoms with van der Waals surface area (Å²) in [5.41, 5.74) is 1.77. The molecule has 11 heteroatoms. The summed E-state index contributed by atoms with van der Waals surface area (Å²) in [6.07, 6.45) is 4.91. The summed E-state index contributed by atoms with van der Waals surface area (Å²) < 4.78 is 29.3. The van der Waals surface area contributed by atoms with Crippen LogP contribution in [0.4, 0.5) is 0 Å². The normalized spacial score (nSPS) is 13.2. The first-order valence-corrected chi connectivity index (χ1v) is 10.8. The lowest BCUT2D eigenvalue weighted by Crippen LogP contribution is -2.18. The molecule has 0 spiro atoms. The number of nitrogens with one attached hydrogen (secondary N) is 1. The molecule has 0 fully saturated rings. The molecule has 3 heterocycles. The number of imidazole rings is 1. The number of fused-ring (bicyclic) bond motifs is 1. The number of rotatable bonds is 6. The monoisotopic (exact) mass is 418 g/mol. The third kappa shape index (κ3) is 3.11. The van der Waals surface area contributed by atoms with E-state index in [1.54, 1.807) is 42.2 Å². The summed E-state index contributed by atoms with van der Waals surface area (Å²) in [5, 5.41) is 19.1. The highest BCUT2D eigenvalue weighted by atomic mass is 32.2. The fourth-order valence-electron chi connectivity index (χ4n) is 2.95. The molecule has 3 aromatic heterocycles. The van der Waals surface area contributed by atoms with Gasteiger partial charge in [-0.05, 0) is 37.7 Å². The Morgan fingerprint density at radius 3 is 2.71 bits per heavy atom. The zero-order valence-corrected chi connectivity index (χ0v) is 16.8. The van der Waals surface area contributed by atoms with Gasteiger partial charge in [-0.15, -0.1) is 16.4 Å². The highest BCUT2D eigenvalue weighted by molar-refractivity contribution is 7.89. The maximum Gasteiger partial charge on any atom is 0.240 e. The van der Waals surface area contributed by atoms with E-state index in [1.165, 1.54) is 23.9 Å². The van der Waals surface area contributed by atoms with E-state index in [2.05, 4.69) is 20.0 Å². The number of aliphatic hydroxyl groups is 1. The topological polar surface area (TPSA) is 114 Å². The summed E-state index contributed by atoms with van der Waals surface area (Å²) >= 11 is 1.59. The molecule has 0 aliphatic heterocycles. The van der Waals surface area contributed by atoms with Crippen molar-refractivity contribution in [2.24, 2.45) is 0 Å². The van der Waals surface area contributed by atoms with E-state index < -0.39 is 16.1 Å². The van der Waals surface area contributed by atoms with E-state index in [0.717, 1.165) is 21.8 Å². The van der Waals surface area contributed by atoms with Gasteiger partial charge in [0.15, 0.2) is 0 Å². The second kappa shape index (κ2) is 7.09. The van der Waals surface area contributed by atoms with Gasteiger partial charge in [0.05, 0.1) is 28.7 Å². The van der Waals surface area contributed by atoms with Gasteiger partial charge < -0.3 is 5.11 Å². The quantitative estimate of drug-likeness (QED) is 0.491.